The largest absolute Gasteiger partial charge is 0.471 e. The molecule has 4 N–H and O–H groups in total. The van der Waals surface area contributed by atoms with E-state index in [0.29, 0.717) is 0 Å². The number of piperazine rings is 1. The third-order valence-corrected chi connectivity index (χ3v) is 6.89. The number of nitrogens with zero attached hydrogens (tertiary/aromatic N) is 3. The summed E-state index contributed by atoms with van der Waals surface area (Å²) in [6, 6.07) is 1.56. The molecule has 0 saturated carbocycles. The highest BCUT2D eigenvalue weighted by molar-refractivity contribution is 7.11. The van der Waals surface area contributed by atoms with E-state index in [1.807, 2.05) is 0 Å². The van der Waals surface area contributed by atoms with Crippen molar-refractivity contribution in [1.29, 1.82) is 0 Å². The molecule has 0 bridgehead atoms. The first-order valence-electron chi connectivity index (χ1n) is 12.0. The second kappa shape index (κ2) is 12.9. The number of hydrogen-bond donors (Lipinski definition) is 3. The minimum atomic E-state index is -0.857. The Bertz CT molecular complexity index is 1060. The molecule has 2 aromatic rings. The summed E-state index contributed by atoms with van der Waals surface area (Å²) in [7, 11) is 2.09. The molecule has 1 aliphatic heterocycles. The smallest absolute Gasteiger partial charge is 0.320 e. The molecule has 1 aromatic heterocycles. The van der Waals surface area contributed by atoms with Crippen LogP contribution in [-0.2, 0) is 6.61 Å². The van der Waals surface area contributed by atoms with Gasteiger partial charge in [-0.3, -0.25) is 15.0 Å². The predicted molar refractivity (Wildman–Crippen MR) is 135 cm³/mol. The topological polar surface area (TPSA) is 113 Å². The van der Waals surface area contributed by atoms with Crippen LogP contribution in [0.15, 0.2) is 12.1 Å². The number of carbonyl (C=O) groups excluding carboxylic acids is 2. The molecule has 3 amide bonds. The average Bonchev–Trinajstić information content (AvgIpc) is 3.22. The summed E-state index contributed by atoms with van der Waals surface area (Å²) in [6.45, 7) is 7.78. The minimum absolute atomic E-state index is 0.0311. The van der Waals surface area contributed by atoms with Crippen LogP contribution in [0.5, 0.6) is 5.88 Å². The van der Waals surface area contributed by atoms with E-state index < -0.39 is 23.6 Å². The van der Waals surface area contributed by atoms with Crippen molar-refractivity contribution in [2.75, 3.05) is 45.1 Å². The van der Waals surface area contributed by atoms with Crippen molar-refractivity contribution in [3.05, 3.63) is 40.5 Å². The first-order chi connectivity index (χ1) is 17.2. The van der Waals surface area contributed by atoms with Crippen LogP contribution in [-0.4, -0.2) is 71.9 Å². The lowest BCUT2D eigenvalue weighted by Crippen LogP contribution is -2.51. The van der Waals surface area contributed by atoms with Gasteiger partial charge in [-0.25, -0.2) is 13.6 Å². The summed E-state index contributed by atoms with van der Waals surface area (Å²) in [5, 5.41) is 5.78. The molecule has 36 heavy (non-hydrogen) atoms. The molecule has 1 unspecified atom stereocenters. The number of ether oxygens (including phenoxy) is 1. The number of urea groups is 1. The number of nitrogens with one attached hydrogen (secondary N) is 2. The molecule has 1 aromatic carbocycles. The van der Waals surface area contributed by atoms with Gasteiger partial charge in [-0.2, -0.15) is 4.37 Å². The summed E-state index contributed by atoms with van der Waals surface area (Å²) < 4.78 is 37.5. The van der Waals surface area contributed by atoms with Crippen LogP contribution < -0.4 is 21.1 Å². The molecule has 0 spiro atoms. The van der Waals surface area contributed by atoms with Crippen LogP contribution in [0.25, 0.3) is 0 Å². The van der Waals surface area contributed by atoms with Gasteiger partial charge in [0.15, 0.2) is 0 Å². The fraction of sp³-hybridized carbons (Fsp3) is 0.542. The Morgan fingerprint density at radius 3 is 2.61 bits per heavy atom. The number of benzene rings is 1. The average molecular weight is 525 g/mol. The fourth-order valence-electron chi connectivity index (χ4n) is 3.95. The fourth-order valence-corrected chi connectivity index (χ4v) is 4.68. The first kappa shape index (κ1) is 27.8. The molecular formula is C24H34F2N6O3S. The van der Waals surface area contributed by atoms with Crippen molar-refractivity contribution in [1.82, 2.24) is 19.5 Å². The van der Waals surface area contributed by atoms with Crippen LogP contribution in [0.1, 0.15) is 47.7 Å². The second-order valence-corrected chi connectivity index (χ2v) is 9.85. The Morgan fingerprint density at radius 2 is 1.94 bits per heavy atom. The van der Waals surface area contributed by atoms with Crippen molar-refractivity contribution in [3.63, 3.8) is 0 Å². The highest BCUT2D eigenvalue weighted by Crippen LogP contribution is 2.31. The van der Waals surface area contributed by atoms with Crippen LogP contribution in [0.2, 0.25) is 0 Å². The van der Waals surface area contributed by atoms with Gasteiger partial charge in [0.25, 0.3) is 5.91 Å². The van der Waals surface area contributed by atoms with E-state index in [-0.39, 0.29) is 40.2 Å². The molecule has 9 nitrogen and oxygen atoms in total. The van der Waals surface area contributed by atoms with Gasteiger partial charge >= 0.3 is 6.03 Å². The Labute approximate surface area is 214 Å². The number of amides is 3. The number of carbonyl (C=O) groups is 2. The van der Waals surface area contributed by atoms with Crippen LogP contribution in [0, 0.1) is 18.6 Å². The summed E-state index contributed by atoms with van der Waals surface area (Å²) in [4.78, 5) is 29.5. The molecule has 1 aliphatic rings. The lowest BCUT2D eigenvalue weighted by Gasteiger charge is -2.34. The molecule has 0 radical (unpaired) electrons. The van der Waals surface area contributed by atoms with E-state index in [1.165, 1.54) is 6.92 Å². The summed E-state index contributed by atoms with van der Waals surface area (Å²) >= 11 is 0.827. The lowest BCUT2D eigenvalue weighted by atomic mass is 10.1. The molecule has 1 fully saturated rings. The number of unbranched alkanes of at least 4 members (excludes halogenated alkanes) is 1. The summed E-state index contributed by atoms with van der Waals surface area (Å²) in [5.41, 5.74) is 5.53. The third kappa shape index (κ3) is 7.58. The number of halogens is 2. The maximum Gasteiger partial charge on any atom is 0.320 e. The monoisotopic (exact) mass is 524 g/mol. The lowest BCUT2D eigenvalue weighted by molar-refractivity contribution is 0.0996. The molecule has 3 rings (SSSR count). The number of rotatable bonds is 11. The Morgan fingerprint density at radius 1 is 1.22 bits per heavy atom. The van der Waals surface area contributed by atoms with Crippen LogP contribution in [0.3, 0.4) is 0 Å². The van der Waals surface area contributed by atoms with Crippen molar-refractivity contribution in [3.8, 4) is 5.88 Å². The molecular weight excluding hydrogens is 490 g/mol. The first-order valence-corrected chi connectivity index (χ1v) is 12.8. The van der Waals surface area contributed by atoms with E-state index >= 15 is 0 Å². The van der Waals surface area contributed by atoms with Crippen molar-refractivity contribution < 1.29 is 23.1 Å². The van der Waals surface area contributed by atoms with E-state index in [2.05, 4.69) is 38.8 Å². The van der Waals surface area contributed by atoms with Gasteiger partial charge in [0, 0.05) is 44.3 Å². The third-order valence-electron chi connectivity index (χ3n) is 6.14. The molecule has 0 aliphatic carbocycles. The molecule has 1 saturated heterocycles. The highest BCUT2D eigenvalue weighted by atomic mass is 32.1. The van der Waals surface area contributed by atoms with Gasteiger partial charge < -0.3 is 20.7 Å². The van der Waals surface area contributed by atoms with Gasteiger partial charge in [0.1, 0.15) is 28.8 Å². The SMILES string of the molecule is CCCCC(CN1CCN(C)CC1)NC(=O)Nc1snc(OCc2cc(F)c(C)cc2F)c1C(N)=O. The van der Waals surface area contributed by atoms with E-state index in [1.54, 1.807) is 0 Å². The Kier molecular flexibility index (Phi) is 9.97. The highest BCUT2D eigenvalue weighted by Gasteiger charge is 2.24. The van der Waals surface area contributed by atoms with Gasteiger partial charge in [-0.1, -0.05) is 19.8 Å². The summed E-state index contributed by atoms with van der Waals surface area (Å²) in [6.07, 6.45) is 2.81. The standard InChI is InChI=1S/C24H34F2N6O3S/c1-4-5-6-17(13-32-9-7-31(3)8-10-32)28-24(34)29-23-20(21(27)33)22(30-36-23)35-14-16-12-18(25)15(2)11-19(16)26/h11-12,17H,4-10,13-14H2,1-3H3,(H2,27,33)(H2,28,29,34). The Hall–Kier alpha value is -2.83. The van der Waals surface area contributed by atoms with Crippen molar-refractivity contribution >= 4 is 28.5 Å². The maximum absolute atomic E-state index is 14.1. The number of aromatic nitrogens is 1. The van der Waals surface area contributed by atoms with E-state index in [0.717, 1.165) is 75.7 Å². The number of aryl methyl sites for hydroxylation is 1. The number of nitrogens with two attached hydrogens (primary N) is 1. The van der Waals surface area contributed by atoms with E-state index in [4.69, 9.17) is 10.5 Å². The minimum Gasteiger partial charge on any atom is -0.471 e. The van der Waals surface area contributed by atoms with Crippen LogP contribution >= 0.6 is 11.5 Å². The van der Waals surface area contributed by atoms with Gasteiger partial charge in [-0.05, 0) is 49.6 Å². The quantitative estimate of drug-likeness (QED) is 0.416. The summed E-state index contributed by atoms with van der Waals surface area (Å²) in [5.74, 6) is -2.22. The number of likely N-dealkylation sites (N-methyl/N-ethyl adjacent to an activating group) is 1. The van der Waals surface area contributed by atoms with E-state index in [9.17, 15) is 18.4 Å². The molecule has 12 heteroatoms. The van der Waals surface area contributed by atoms with Gasteiger partial charge in [0.2, 0.25) is 5.88 Å². The van der Waals surface area contributed by atoms with Crippen molar-refractivity contribution in [2.24, 2.45) is 5.73 Å². The number of primary amides is 1. The maximum atomic E-state index is 14.1. The normalized spacial score (nSPS) is 15.5. The number of anilines is 1. The van der Waals surface area contributed by atoms with Crippen LogP contribution in [0.4, 0.5) is 18.6 Å². The Balaban J connectivity index is 1.65. The number of hydrogen-bond acceptors (Lipinski definition) is 7. The predicted octanol–water partition coefficient (Wildman–Crippen LogP) is 3.34. The molecule has 2 heterocycles. The zero-order chi connectivity index (χ0) is 26.2. The second-order valence-electron chi connectivity index (χ2n) is 9.08. The van der Waals surface area contributed by atoms with Gasteiger partial charge in [0.05, 0.1) is 0 Å². The molecule has 198 valence electrons. The van der Waals surface area contributed by atoms with Gasteiger partial charge in [-0.15, -0.1) is 0 Å². The van der Waals surface area contributed by atoms with Crippen molar-refractivity contribution in [2.45, 2.75) is 45.8 Å². The zero-order valence-electron chi connectivity index (χ0n) is 20.9. The molecule has 1 atom stereocenters. The zero-order valence-corrected chi connectivity index (χ0v) is 21.7.